The zero-order valence-corrected chi connectivity index (χ0v) is 15.0. The number of alkyl halides is 2. The second-order valence-corrected chi connectivity index (χ2v) is 9.37. The van der Waals surface area contributed by atoms with Crippen molar-refractivity contribution in [3.8, 4) is 0 Å². The lowest BCUT2D eigenvalue weighted by Gasteiger charge is -2.18. The van der Waals surface area contributed by atoms with E-state index >= 15 is 0 Å². The van der Waals surface area contributed by atoms with Crippen molar-refractivity contribution in [3.63, 3.8) is 0 Å². The molecule has 0 aliphatic heterocycles. The van der Waals surface area contributed by atoms with Crippen LogP contribution in [0.4, 0.5) is 0 Å². The molecule has 0 spiro atoms. The number of rotatable bonds is 3. The second-order valence-electron chi connectivity index (χ2n) is 2.54. The summed E-state index contributed by atoms with van der Waals surface area (Å²) in [6, 6.07) is 0. The topological polar surface area (TPSA) is 0 Å². The van der Waals surface area contributed by atoms with Crippen LogP contribution >= 0.6 is 115 Å². The van der Waals surface area contributed by atoms with Crippen LogP contribution in [0.1, 0.15) is 0 Å². The predicted molar refractivity (Wildman–Crippen MR) is 85.2 cm³/mol. The van der Waals surface area contributed by atoms with Crippen molar-refractivity contribution in [1.29, 1.82) is 0 Å². The fraction of sp³-hybridized carbons (Fsp3) is 0.143. The Kier molecular flexibility index (Phi) is 6.91. The van der Waals surface area contributed by atoms with Gasteiger partial charge in [-0.1, -0.05) is 93.0 Å². The highest BCUT2D eigenvalue weighted by molar-refractivity contribution is 8.33. The first kappa shape index (κ1) is 17.3. The molecule has 96 valence electrons. The molecule has 0 unspecified atom stereocenters. The van der Waals surface area contributed by atoms with Crippen molar-refractivity contribution in [1.82, 2.24) is 0 Å². The van der Waals surface area contributed by atoms with Crippen LogP contribution < -0.4 is 0 Å². The lowest BCUT2D eigenvalue weighted by Crippen LogP contribution is -1.98. The van der Waals surface area contributed by atoms with Gasteiger partial charge >= 0.3 is 0 Å². The highest BCUT2D eigenvalue weighted by Gasteiger charge is 2.30. The molecule has 0 aromatic heterocycles. The molecule has 0 heterocycles. The number of thioether (sulfide) groups is 1. The van der Waals surface area contributed by atoms with E-state index < -0.39 is 3.00 Å². The molecule has 1 aromatic carbocycles. The Hall–Kier alpha value is 2.24. The SMILES string of the molecule is ClSC(Cl)(Cl)Sc1c(Cl)c(Cl)c(Cl)c(Cl)c1Cl. The lowest BCUT2D eigenvalue weighted by atomic mass is 10.3. The van der Waals surface area contributed by atoms with Crippen molar-refractivity contribution in [2.75, 3.05) is 0 Å². The van der Waals surface area contributed by atoms with Crippen LogP contribution in [-0.4, -0.2) is 3.00 Å². The summed E-state index contributed by atoms with van der Waals surface area (Å²) in [6.07, 6.45) is 0. The summed E-state index contributed by atoms with van der Waals surface area (Å²) in [5.41, 5.74) is 0. The molecule has 0 fully saturated rings. The highest BCUT2D eigenvalue weighted by atomic mass is 35.7. The molecule has 0 aliphatic carbocycles. The van der Waals surface area contributed by atoms with E-state index in [0.717, 1.165) is 11.8 Å². The molecular formula is C7Cl8S2. The summed E-state index contributed by atoms with van der Waals surface area (Å²) < 4.78 is -1.38. The van der Waals surface area contributed by atoms with E-state index in [1.165, 1.54) is 0 Å². The summed E-state index contributed by atoms with van der Waals surface area (Å²) in [5.74, 6) is 0. The third kappa shape index (κ3) is 4.10. The van der Waals surface area contributed by atoms with Gasteiger partial charge < -0.3 is 0 Å². The average Bonchev–Trinajstić information content (AvgIpc) is 2.30. The fourth-order valence-corrected chi connectivity index (χ4v) is 4.03. The number of hydrogen-bond donors (Lipinski definition) is 0. The Morgan fingerprint density at radius 1 is 0.706 bits per heavy atom. The van der Waals surface area contributed by atoms with Gasteiger partial charge in [0.15, 0.2) is 0 Å². The van der Waals surface area contributed by atoms with E-state index in [1.54, 1.807) is 0 Å². The molecule has 0 saturated heterocycles. The molecule has 0 N–H and O–H groups in total. The van der Waals surface area contributed by atoms with Gasteiger partial charge in [0.1, 0.15) is 0 Å². The van der Waals surface area contributed by atoms with Gasteiger partial charge in [-0.15, -0.1) is 0 Å². The van der Waals surface area contributed by atoms with Gasteiger partial charge in [0, 0.05) is 0 Å². The molecule has 0 nitrogen and oxygen atoms in total. The number of hydrogen-bond acceptors (Lipinski definition) is 2. The van der Waals surface area contributed by atoms with Gasteiger partial charge in [-0.2, -0.15) is 0 Å². The van der Waals surface area contributed by atoms with Gasteiger partial charge in [0.25, 0.3) is 0 Å². The minimum Gasteiger partial charge on any atom is -0.0814 e. The van der Waals surface area contributed by atoms with Crippen molar-refractivity contribution in [3.05, 3.63) is 25.1 Å². The Morgan fingerprint density at radius 2 is 1.06 bits per heavy atom. The minimum atomic E-state index is -1.38. The second kappa shape index (κ2) is 6.80. The molecule has 1 rings (SSSR count). The fourth-order valence-electron chi connectivity index (χ4n) is 0.809. The van der Waals surface area contributed by atoms with Crippen molar-refractivity contribution >= 4 is 115 Å². The van der Waals surface area contributed by atoms with Crippen LogP contribution in [-0.2, 0) is 0 Å². The zero-order chi connectivity index (χ0) is 13.4. The maximum absolute atomic E-state index is 5.99. The third-order valence-electron chi connectivity index (χ3n) is 1.48. The summed E-state index contributed by atoms with van der Waals surface area (Å²) >= 11 is 42.2. The summed E-state index contributed by atoms with van der Waals surface area (Å²) in [5, 5.41) is 0.462. The zero-order valence-electron chi connectivity index (χ0n) is 7.34. The molecule has 0 saturated carbocycles. The molecule has 10 heteroatoms. The van der Waals surface area contributed by atoms with Crippen LogP contribution in [0.2, 0.25) is 25.1 Å². The number of halogens is 8. The Balaban J connectivity index is 3.35. The van der Waals surface area contributed by atoms with E-state index in [0.29, 0.717) is 15.9 Å². The molecule has 0 amide bonds. The Morgan fingerprint density at radius 3 is 1.41 bits per heavy atom. The standard InChI is InChI=1S/C7Cl8S2/c8-1-2(9)4(11)6(5(12)3(1)10)16-7(13,14)17-15. The van der Waals surface area contributed by atoms with Gasteiger partial charge in [-0.05, 0) is 21.7 Å². The third-order valence-corrected chi connectivity index (χ3v) is 7.88. The average molecular weight is 432 g/mol. The van der Waals surface area contributed by atoms with E-state index in [2.05, 4.69) is 0 Å². The molecule has 17 heavy (non-hydrogen) atoms. The van der Waals surface area contributed by atoms with E-state index in [-0.39, 0.29) is 25.1 Å². The first-order valence-electron chi connectivity index (χ1n) is 3.59. The smallest absolute Gasteiger partial charge is 0.0814 e. The Labute approximate surface area is 146 Å². The molecule has 0 radical (unpaired) electrons. The largest absolute Gasteiger partial charge is 0.228 e. The molecule has 0 bridgehead atoms. The maximum Gasteiger partial charge on any atom is 0.228 e. The summed E-state index contributed by atoms with van der Waals surface area (Å²) in [7, 11) is 6.20. The Bertz CT molecular complexity index is 417. The van der Waals surface area contributed by atoms with Crippen molar-refractivity contribution in [2.45, 2.75) is 7.89 Å². The molecule has 0 aliphatic rings. The van der Waals surface area contributed by atoms with Gasteiger partial charge in [-0.3, -0.25) is 0 Å². The van der Waals surface area contributed by atoms with Crippen molar-refractivity contribution < 1.29 is 0 Å². The summed E-state index contributed by atoms with van der Waals surface area (Å²) in [4.78, 5) is 0.311. The normalized spacial score (nSPS) is 12.0. The van der Waals surface area contributed by atoms with Gasteiger partial charge in [-0.25, -0.2) is 0 Å². The maximum atomic E-state index is 5.99. The first-order chi connectivity index (χ1) is 7.71. The van der Waals surface area contributed by atoms with Crippen LogP contribution in [0.25, 0.3) is 0 Å². The molecular weight excluding hydrogens is 432 g/mol. The predicted octanol–water partition coefficient (Wildman–Crippen LogP) is 8.02. The summed E-state index contributed by atoms with van der Waals surface area (Å²) in [6.45, 7) is 0. The van der Waals surface area contributed by atoms with E-state index in [1.807, 2.05) is 0 Å². The number of benzene rings is 1. The molecule has 0 atom stereocenters. The van der Waals surface area contributed by atoms with E-state index in [4.69, 9.17) is 91.9 Å². The first-order valence-corrected chi connectivity index (χ1v) is 8.69. The van der Waals surface area contributed by atoms with Crippen LogP contribution in [0.3, 0.4) is 0 Å². The van der Waals surface area contributed by atoms with Crippen LogP contribution in [0.15, 0.2) is 4.90 Å². The van der Waals surface area contributed by atoms with Crippen LogP contribution in [0, 0.1) is 0 Å². The lowest BCUT2D eigenvalue weighted by molar-refractivity contribution is 1.45. The monoisotopic (exact) mass is 428 g/mol. The van der Waals surface area contributed by atoms with Crippen LogP contribution in [0.5, 0.6) is 0 Å². The van der Waals surface area contributed by atoms with Crippen molar-refractivity contribution in [2.24, 2.45) is 0 Å². The van der Waals surface area contributed by atoms with E-state index in [9.17, 15) is 0 Å². The molecule has 1 aromatic rings. The highest BCUT2D eigenvalue weighted by Crippen LogP contribution is 2.56. The van der Waals surface area contributed by atoms with Gasteiger partial charge in [0.05, 0.1) is 30.0 Å². The van der Waals surface area contributed by atoms with Gasteiger partial charge in [0.2, 0.25) is 3.00 Å². The quantitative estimate of drug-likeness (QED) is 0.156. The minimum absolute atomic E-state index is 0.0703.